The summed E-state index contributed by atoms with van der Waals surface area (Å²) in [4.78, 5) is 11.8. The van der Waals surface area contributed by atoms with Crippen molar-refractivity contribution in [1.82, 2.24) is 0 Å². The first-order valence-corrected chi connectivity index (χ1v) is 5.72. The number of aliphatic hydroxyl groups excluding tert-OH is 1. The third-order valence-corrected chi connectivity index (χ3v) is 2.74. The van der Waals surface area contributed by atoms with E-state index >= 15 is 0 Å². The van der Waals surface area contributed by atoms with Crippen LogP contribution in [0.25, 0.3) is 0 Å². The Bertz CT molecular complexity index is 346. The first-order valence-electron chi connectivity index (χ1n) is 5.72. The molecule has 2 N–H and O–H groups in total. The molecule has 0 aliphatic heterocycles. The van der Waals surface area contributed by atoms with Gasteiger partial charge >= 0.3 is 0 Å². The summed E-state index contributed by atoms with van der Waals surface area (Å²) in [5, 5.41) is 11.9. The van der Waals surface area contributed by atoms with Gasteiger partial charge in [-0.25, -0.2) is 0 Å². The highest BCUT2D eigenvalue weighted by Gasteiger charge is 2.15. The van der Waals surface area contributed by atoms with Crippen LogP contribution in [0.2, 0.25) is 0 Å². The second-order valence-corrected chi connectivity index (χ2v) is 3.79. The minimum atomic E-state index is -0.315. The molecule has 16 heavy (non-hydrogen) atoms. The summed E-state index contributed by atoms with van der Waals surface area (Å²) in [5.41, 5.74) is 1.96. The monoisotopic (exact) mass is 221 g/mol. The number of hydrogen-bond acceptors (Lipinski definition) is 2. The predicted molar refractivity (Wildman–Crippen MR) is 65.3 cm³/mol. The Morgan fingerprint density at radius 3 is 2.62 bits per heavy atom. The van der Waals surface area contributed by atoms with Crippen molar-refractivity contribution in [3.8, 4) is 0 Å². The molecule has 3 heteroatoms. The molecule has 0 aliphatic rings. The molecule has 3 nitrogen and oxygen atoms in total. The number of nitrogens with one attached hydrogen (secondary N) is 1. The van der Waals surface area contributed by atoms with Crippen molar-refractivity contribution in [3.63, 3.8) is 0 Å². The van der Waals surface area contributed by atoms with Gasteiger partial charge in [0.15, 0.2) is 0 Å². The Kier molecular flexibility index (Phi) is 4.99. The van der Waals surface area contributed by atoms with Gasteiger partial charge in [0.2, 0.25) is 5.91 Å². The molecule has 0 aliphatic carbocycles. The minimum Gasteiger partial charge on any atom is -0.396 e. The Labute approximate surface area is 96.5 Å². The number of anilines is 1. The van der Waals surface area contributed by atoms with Crippen molar-refractivity contribution in [2.75, 3.05) is 11.9 Å². The molecule has 1 atom stereocenters. The third kappa shape index (κ3) is 3.07. The zero-order valence-corrected chi connectivity index (χ0v) is 9.86. The fourth-order valence-electron chi connectivity index (χ4n) is 1.58. The van der Waals surface area contributed by atoms with Gasteiger partial charge in [-0.1, -0.05) is 32.0 Å². The highest BCUT2D eigenvalue weighted by atomic mass is 16.3. The summed E-state index contributed by atoms with van der Waals surface area (Å²) < 4.78 is 0. The summed E-state index contributed by atoms with van der Waals surface area (Å²) in [7, 11) is 0. The first kappa shape index (κ1) is 12.7. The maximum absolute atomic E-state index is 11.8. The third-order valence-electron chi connectivity index (χ3n) is 2.74. The summed E-state index contributed by atoms with van der Waals surface area (Å²) in [6.07, 6.45) is 1.53. The van der Waals surface area contributed by atoms with Gasteiger partial charge in [-0.3, -0.25) is 4.79 Å². The molecule has 0 spiro atoms. The van der Waals surface area contributed by atoms with Gasteiger partial charge in [-0.15, -0.1) is 0 Å². The van der Waals surface area contributed by atoms with Gasteiger partial charge in [-0.05, 0) is 24.5 Å². The van der Waals surface area contributed by atoms with Crippen LogP contribution in [0.15, 0.2) is 24.3 Å². The van der Waals surface area contributed by atoms with Crippen LogP contribution in [0.1, 0.15) is 25.8 Å². The SMILES string of the molecule is CCc1ccccc1NC(=O)C(CC)CO. The van der Waals surface area contributed by atoms with Gasteiger partial charge in [0.05, 0.1) is 12.5 Å². The average molecular weight is 221 g/mol. The Hall–Kier alpha value is -1.35. The quantitative estimate of drug-likeness (QED) is 0.800. The minimum absolute atomic E-state index is 0.101. The van der Waals surface area contributed by atoms with Gasteiger partial charge in [0.1, 0.15) is 0 Å². The fourth-order valence-corrected chi connectivity index (χ4v) is 1.58. The number of benzene rings is 1. The van der Waals surface area contributed by atoms with Crippen LogP contribution < -0.4 is 5.32 Å². The Morgan fingerprint density at radius 1 is 1.38 bits per heavy atom. The molecule has 88 valence electrons. The van der Waals surface area contributed by atoms with Crippen molar-refractivity contribution in [2.24, 2.45) is 5.92 Å². The highest BCUT2D eigenvalue weighted by molar-refractivity contribution is 5.93. The van der Waals surface area contributed by atoms with Crippen molar-refractivity contribution in [1.29, 1.82) is 0 Å². The smallest absolute Gasteiger partial charge is 0.229 e. The van der Waals surface area contributed by atoms with E-state index in [0.29, 0.717) is 6.42 Å². The average Bonchev–Trinajstić information content (AvgIpc) is 2.31. The van der Waals surface area contributed by atoms with Crippen molar-refractivity contribution >= 4 is 11.6 Å². The number of aliphatic hydroxyl groups is 1. The van der Waals surface area contributed by atoms with Crippen LogP contribution >= 0.6 is 0 Å². The largest absolute Gasteiger partial charge is 0.396 e. The lowest BCUT2D eigenvalue weighted by molar-refractivity contribution is -0.121. The molecule has 0 fully saturated rings. The van der Waals surface area contributed by atoms with E-state index < -0.39 is 0 Å². The Morgan fingerprint density at radius 2 is 2.06 bits per heavy atom. The molecular formula is C13H19NO2. The molecule has 0 bridgehead atoms. The normalized spacial score (nSPS) is 12.2. The van der Waals surface area contributed by atoms with E-state index in [1.54, 1.807) is 0 Å². The Balaban J connectivity index is 2.76. The van der Waals surface area contributed by atoms with E-state index in [0.717, 1.165) is 17.7 Å². The molecule has 1 aromatic rings. The molecule has 1 amide bonds. The molecule has 0 heterocycles. The summed E-state index contributed by atoms with van der Waals surface area (Å²) in [6, 6.07) is 7.74. The summed E-state index contributed by atoms with van der Waals surface area (Å²) in [5.74, 6) is -0.421. The number of rotatable bonds is 5. The summed E-state index contributed by atoms with van der Waals surface area (Å²) in [6.45, 7) is 3.84. The number of carbonyl (C=O) groups is 1. The van der Waals surface area contributed by atoms with Crippen LogP contribution in [0.5, 0.6) is 0 Å². The van der Waals surface area contributed by atoms with E-state index in [4.69, 9.17) is 5.11 Å². The number of amides is 1. The van der Waals surface area contributed by atoms with Crippen LogP contribution in [0.3, 0.4) is 0 Å². The van der Waals surface area contributed by atoms with Gasteiger partial charge in [0.25, 0.3) is 0 Å². The zero-order chi connectivity index (χ0) is 12.0. The first-order chi connectivity index (χ1) is 7.72. The second kappa shape index (κ2) is 6.28. The van der Waals surface area contributed by atoms with Crippen molar-refractivity contribution in [2.45, 2.75) is 26.7 Å². The lowest BCUT2D eigenvalue weighted by Crippen LogP contribution is -2.25. The van der Waals surface area contributed by atoms with E-state index in [2.05, 4.69) is 5.32 Å². The molecule has 1 unspecified atom stereocenters. The van der Waals surface area contributed by atoms with E-state index in [1.807, 2.05) is 38.1 Å². The lowest BCUT2D eigenvalue weighted by Gasteiger charge is -2.14. The van der Waals surface area contributed by atoms with Crippen molar-refractivity contribution < 1.29 is 9.90 Å². The topological polar surface area (TPSA) is 49.3 Å². The maximum Gasteiger partial charge on any atom is 0.229 e. The molecule has 1 rings (SSSR count). The number of para-hydroxylation sites is 1. The summed E-state index contributed by atoms with van der Waals surface area (Å²) >= 11 is 0. The highest BCUT2D eigenvalue weighted by Crippen LogP contribution is 2.16. The van der Waals surface area contributed by atoms with E-state index in [-0.39, 0.29) is 18.4 Å². The maximum atomic E-state index is 11.8. The zero-order valence-electron chi connectivity index (χ0n) is 9.86. The van der Waals surface area contributed by atoms with E-state index in [9.17, 15) is 4.79 Å². The molecule has 1 aromatic carbocycles. The molecule has 0 saturated heterocycles. The van der Waals surface area contributed by atoms with Crippen LogP contribution in [0.4, 0.5) is 5.69 Å². The molecule has 0 saturated carbocycles. The number of carbonyl (C=O) groups excluding carboxylic acids is 1. The van der Waals surface area contributed by atoms with Gasteiger partial charge < -0.3 is 10.4 Å². The van der Waals surface area contributed by atoms with Crippen LogP contribution in [-0.4, -0.2) is 17.6 Å². The molecule has 0 radical (unpaired) electrons. The van der Waals surface area contributed by atoms with Gasteiger partial charge in [0, 0.05) is 5.69 Å². The van der Waals surface area contributed by atoms with Crippen molar-refractivity contribution in [3.05, 3.63) is 29.8 Å². The predicted octanol–water partition coefficient (Wildman–Crippen LogP) is 2.21. The lowest BCUT2D eigenvalue weighted by atomic mass is 10.1. The van der Waals surface area contributed by atoms with Gasteiger partial charge in [-0.2, -0.15) is 0 Å². The number of hydrogen-bond donors (Lipinski definition) is 2. The van der Waals surface area contributed by atoms with Crippen LogP contribution in [-0.2, 0) is 11.2 Å². The number of aryl methyl sites for hydroxylation is 1. The van der Waals surface area contributed by atoms with E-state index in [1.165, 1.54) is 0 Å². The molecular weight excluding hydrogens is 202 g/mol. The fraction of sp³-hybridized carbons (Fsp3) is 0.462. The molecule has 0 aromatic heterocycles. The second-order valence-electron chi connectivity index (χ2n) is 3.79. The van der Waals surface area contributed by atoms with Crippen LogP contribution in [0, 0.1) is 5.92 Å². The standard InChI is InChI=1S/C13H19NO2/c1-3-10-7-5-6-8-12(10)14-13(16)11(4-2)9-15/h5-8,11,15H,3-4,9H2,1-2H3,(H,14,16).